The molecular weight excluding hydrogens is 344 g/mol. The average molecular weight is 359 g/mol. The van der Waals surface area contributed by atoms with Crippen LogP contribution in [0.15, 0.2) is 83.8 Å². The summed E-state index contributed by atoms with van der Waals surface area (Å²) in [5, 5.41) is 3.80. The molecule has 0 heterocycles. The zero-order valence-corrected chi connectivity index (χ0v) is 14.2. The second-order valence-corrected chi connectivity index (χ2v) is 7.19. The Morgan fingerprint density at radius 2 is 1.29 bits per heavy atom. The molecule has 3 rings (SSSR count). The molecule has 24 heavy (non-hydrogen) atoms. The lowest BCUT2D eigenvalue weighted by atomic mass is 10.2. The van der Waals surface area contributed by atoms with Gasteiger partial charge in [-0.2, -0.15) is 0 Å². The van der Waals surface area contributed by atoms with Gasteiger partial charge in [-0.25, -0.2) is 8.42 Å². The van der Waals surface area contributed by atoms with Gasteiger partial charge in [0.15, 0.2) is 0 Å². The molecule has 0 aliphatic carbocycles. The summed E-state index contributed by atoms with van der Waals surface area (Å²) in [4.78, 5) is 0.225. The van der Waals surface area contributed by atoms with Crippen molar-refractivity contribution in [3.8, 4) is 0 Å². The number of hydrogen-bond acceptors (Lipinski definition) is 3. The van der Waals surface area contributed by atoms with E-state index in [9.17, 15) is 8.42 Å². The van der Waals surface area contributed by atoms with E-state index in [1.807, 2.05) is 18.2 Å². The first-order valence-corrected chi connectivity index (χ1v) is 9.10. The van der Waals surface area contributed by atoms with E-state index < -0.39 is 10.0 Å². The smallest absolute Gasteiger partial charge is 0.261 e. The van der Waals surface area contributed by atoms with E-state index in [1.165, 1.54) is 0 Å². The number of para-hydroxylation sites is 1. The van der Waals surface area contributed by atoms with Gasteiger partial charge in [0, 0.05) is 11.4 Å². The Morgan fingerprint density at radius 3 is 1.96 bits per heavy atom. The van der Waals surface area contributed by atoms with E-state index in [1.54, 1.807) is 60.7 Å². The molecule has 6 heteroatoms. The van der Waals surface area contributed by atoms with Gasteiger partial charge in [-0.3, -0.25) is 4.72 Å². The van der Waals surface area contributed by atoms with E-state index in [2.05, 4.69) is 10.0 Å². The SMILES string of the molecule is O=S(=O)(Nc1ccc(Nc2ccccc2Cl)cc1)c1ccccc1. The van der Waals surface area contributed by atoms with E-state index in [4.69, 9.17) is 11.6 Å². The van der Waals surface area contributed by atoms with Crippen LogP contribution in [-0.2, 0) is 10.0 Å². The molecule has 0 amide bonds. The van der Waals surface area contributed by atoms with Crippen LogP contribution in [-0.4, -0.2) is 8.42 Å². The van der Waals surface area contributed by atoms with Gasteiger partial charge in [0.25, 0.3) is 10.0 Å². The average Bonchev–Trinajstić information content (AvgIpc) is 2.59. The number of hydrogen-bond donors (Lipinski definition) is 2. The molecule has 0 aliphatic heterocycles. The minimum atomic E-state index is -3.58. The van der Waals surface area contributed by atoms with Crippen LogP contribution in [0.1, 0.15) is 0 Å². The summed E-state index contributed by atoms with van der Waals surface area (Å²) in [6.45, 7) is 0. The van der Waals surface area contributed by atoms with Gasteiger partial charge in [0.05, 0.1) is 15.6 Å². The van der Waals surface area contributed by atoms with Crippen LogP contribution in [0.3, 0.4) is 0 Å². The lowest BCUT2D eigenvalue weighted by molar-refractivity contribution is 0.601. The number of anilines is 3. The number of nitrogens with one attached hydrogen (secondary N) is 2. The fourth-order valence-electron chi connectivity index (χ4n) is 2.15. The highest BCUT2D eigenvalue weighted by Gasteiger charge is 2.13. The molecule has 4 nitrogen and oxygen atoms in total. The molecule has 0 fully saturated rings. The van der Waals surface area contributed by atoms with Crippen molar-refractivity contribution in [3.63, 3.8) is 0 Å². The minimum absolute atomic E-state index is 0.225. The van der Waals surface area contributed by atoms with Crippen molar-refractivity contribution in [2.75, 3.05) is 10.0 Å². The number of halogens is 1. The molecule has 0 radical (unpaired) electrons. The van der Waals surface area contributed by atoms with Gasteiger partial charge >= 0.3 is 0 Å². The third-order valence-electron chi connectivity index (χ3n) is 3.34. The highest BCUT2D eigenvalue weighted by molar-refractivity contribution is 7.92. The van der Waals surface area contributed by atoms with Crippen molar-refractivity contribution in [1.82, 2.24) is 0 Å². The molecule has 3 aromatic rings. The van der Waals surface area contributed by atoms with Crippen LogP contribution in [0.4, 0.5) is 17.1 Å². The molecule has 0 unspecified atom stereocenters. The maximum absolute atomic E-state index is 12.3. The summed E-state index contributed by atoms with van der Waals surface area (Å²) in [6, 6.07) is 22.6. The van der Waals surface area contributed by atoms with E-state index in [0.29, 0.717) is 10.7 Å². The zero-order valence-electron chi connectivity index (χ0n) is 12.6. The Kier molecular flexibility index (Phi) is 4.74. The predicted octanol–water partition coefficient (Wildman–Crippen LogP) is 4.88. The van der Waals surface area contributed by atoms with Crippen molar-refractivity contribution < 1.29 is 8.42 Å². The van der Waals surface area contributed by atoms with Gasteiger partial charge in [0.2, 0.25) is 0 Å². The second-order valence-electron chi connectivity index (χ2n) is 5.10. The Balaban J connectivity index is 1.74. The summed E-state index contributed by atoms with van der Waals surface area (Å²) in [5.41, 5.74) is 2.09. The Labute approximate surface area is 146 Å². The molecule has 0 bridgehead atoms. The maximum atomic E-state index is 12.3. The quantitative estimate of drug-likeness (QED) is 0.683. The molecule has 0 aromatic heterocycles. The van der Waals surface area contributed by atoms with Crippen LogP contribution in [0, 0.1) is 0 Å². The molecular formula is C18H15ClN2O2S. The van der Waals surface area contributed by atoms with Crippen LogP contribution in [0.2, 0.25) is 5.02 Å². The number of rotatable bonds is 5. The molecule has 0 saturated carbocycles. The van der Waals surface area contributed by atoms with E-state index in [0.717, 1.165) is 11.4 Å². The Hall–Kier alpha value is -2.50. The normalized spacial score (nSPS) is 11.0. The van der Waals surface area contributed by atoms with Crippen molar-refractivity contribution in [2.24, 2.45) is 0 Å². The molecule has 3 aromatic carbocycles. The lowest BCUT2D eigenvalue weighted by Crippen LogP contribution is -2.12. The van der Waals surface area contributed by atoms with Crippen LogP contribution in [0.25, 0.3) is 0 Å². The molecule has 0 atom stereocenters. The van der Waals surface area contributed by atoms with Crippen LogP contribution < -0.4 is 10.0 Å². The Bertz CT molecular complexity index is 927. The monoisotopic (exact) mass is 358 g/mol. The van der Waals surface area contributed by atoms with Crippen molar-refractivity contribution >= 4 is 38.7 Å². The number of sulfonamides is 1. The Morgan fingerprint density at radius 1 is 0.708 bits per heavy atom. The summed E-state index contributed by atoms with van der Waals surface area (Å²) < 4.78 is 27.1. The molecule has 122 valence electrons. The van der Waals surface area contributed by atoms with Gasteiger partial charge < -0.3 is 5.32 Å². The van der Waals surface area contributed by atoms with Crippen molar-refractivity contribution in [1.29, 1.82) is 0 Å². The van der Waals surface area contributed by atoms with Crippen LogP contribution in [0.5, 0.6) is 0 Å². The molecule has 0 saturated heterocycles. The molecule has 2 N–H and O–H groups in total. The third-order valence-corrected chi connectivity index (χ3v) is 5.07. The molecule has 0 spiro atoms. The minimum Gasteiger partial charge on any atom is -0.354 e. The highest BCUT2D eigenvalue weighted by atomic mass is 35.5. The predicted molar refractivity (Wildman–Crippen MR) is 98.4 cm³/mol. The first-order valence-electron chi connectivity index (χ1n) is 7.24. The summed E-state index contributed by atoms with van der Waals surface area (Å²) in [6.07, 6.45) is 0. The first-order chi connectivity index (χ1) is 11.5. The molecule has 0 aliphatic rings. The van der Waals surface area contributed by atoms with Crippen molar-refractivity contribution in [2.45, 2.75) is 4.90 Å². The maximum Gasteiger partial charge on any atom is 0.261 e. The first kappa shape index (κ1) is 16.4. The third kappa shape index (κ3) is 3.88. The summed E-state index contributed by atoms with van der Waals surface area (Å²) >= 11 is 6.11. The van der Waals surface area contributed by atoms with E-state index >= 15 is 0 Å². The van der Waals surface area contributed by atoms with E-state index in [-0.39, 0.29) is 4.90 Å². The van der Waals surface area contributed by atoms with Gasteiger partial charge in [-0.15, -0.1) is 0 Å². The standard InChI is InChI=1S/C18H15ClN2O2S/c19-17-8-4-5-9-18(17)20-14-10-12-15(13-11-14)21-24(22,23)16-6-2-1-3-7-16/h1-13,20-21H. The lowest BCUT2D eigenvalue weighted by Gasteiger charge is -2.11. The fraction of sp³-hybridized carbons (Fsp3) is 0. The van der Waals surface area contributed by atoms with Gasteiger partial charge in [-0.05, 0) is 48.5 Å². The van der Waals surface area contributed by atoms with Crippen molar-refractivity contribution in [3.05, 3.63) is 83.9 Å². The second kappa shape index (κ2) is 6.95. The largest absolute Gasteiger partial charge is 0.354 e. The van der Waals surface area contributed by atoms with Gasteiger partial charge in [-0.1, -0.05) is 41.9 Å². The zero-order chi connectivity index (χ0) is 17.0. The highest BCUT2D eigenvalue weighted by Crippen LogP contribution is 2.26. The summed E-state index contributed by atoms with van der Waals surface area (Å²) in [7, 11) is -3.58. The topological polar surface area (TPSA) is 58.2 Å². The fourth-order valence-corrected chi connectivity index (χ4v) is 3.42. The van der Waals surface area contributed by atoms with Crippen LogP contribution >= 0.6 is 11.6 Å². The number of benzene rings is 3. The van der Waals surface area contributed by atoms with Gasteiger partial charge in [0.1, 0.15) is 0 Å². The summed E-state index contributed by atoms with van der Waals surface area (Å²) in [5.74, 6) is 0.